The molecule has 3 unspecified atom stereocenters. The number of hydrogen-bond acceptors (Lipinski definition) is 6. The fourth-order valence-corrected chi connectivity index (χ4v) is 5.42. The van der Waals surface area contributed by atoms with Gasteiger partial charge in [0.1, 0.15) is 6.10 Å². The number of hydrogen-bond donors (Lipinski definition) is 1. The average Bonchev–Trinajstić information content (AvgIpc) is 2.85. The fourth-order valence-electron chi connectivity index (χ4n) is 4.36. The van der Waals surface area contributed by atoms with Crippen LogP contribution in [0.2, 0.25) is 0 Å². The predicted molar refractivity (Wildman–Crippen MR) is 150 cm³/mol. The lowest BCUT2D eigenvalue weighted by Gasteiger charge is -2.22. The van der Waals surface area contributed by atoms with E-state index >= 15 is 0 Å². The second-order valence-electron chi connectivity index (χ2n) is 10.0. The second-order valence-corrected chi connectivity index (χ2v) is 12.0. The van der Waals surface area contributed by atoms with Gasteiger partial charge in [0, 0.05) is 20.1 Å². The van der Waals surface area contributed by atoms with E-state index in [2.05, 4.69) is 18.7 Å². The van der Waals surface area contributed by atoms with Crippen molar-refractivity contribution in [3.05, 3.63) is 0 Å². The summed E-state index contributed by atoms with van der Waals surface area (Å²) in [5, 5.41) is 0. The van der Waals surface area contributed by atoms with Crippen LogP contribution >= 0.6 is 7.60 Å². The summed E-state index contributed by atoms with van der Waals surface area (Å²) in [6.07, 6.45) is 16.3. The molecule has 0 aromatic carbocycles. The van der Waals surface area contributed by atoms with Crippen molar-refractivity contribution < 1.29 is 28.3 Å². The third-order valence-corrected chi connectivity index (χ3v) is 8.22. The molecule has 0 saturated carbocycles. The topological polar surface area (TPSA) is 85.3 Å². The summed E-state index contributed by atoms with van der Waals surface area (Å²) < 4.78 is 28.7. The molecule has 0 aliphatic rings. The first kappa shape index (κ1) is 35.5. The van der Waals surface area contributed by atoms with Crippen LogP contribution in [0, 0.1) is 5.92 Å². The molecule has 0 saturated heterocycles. The molecule has 0 bridgehead atoms. The van der Waals surface area contributed by atoms with Crippen molar-refractivity contribution in [1.82, 2.24) is 4.90 Å². The number of carbonyl (C=O) groups excluding carboxylic acids is 1. The number of nitrogens with zero attached hydrogens (tertiary/aromatic N) is 1. The highest BCUT2D eigenvalue weighted by molar-refractivity contribution is 7.52. The Morgan fingerprint density at radius 1 is 0.861 bits per heavy atom. The van der Waals surface area contributed by atoms with Crippen molar-refractivity contribution in [2.45, 2.75) is 124 Å². The Kier molecular flexibility index (Phi) is 23.3. The second kappa shape index (κ2) is 23.6. The third-order valence-electron chi connectivity index (χ3n) is 6.91. The summed E-state index contributed by atoms with van der Waals surface area (Å²) in [5.74, 6) is 0.190. The molecule has 8 heteroatoms. The Balaban J connectivity index is 4.11. The normalized spacial score (nSPS) is 15.1. The Morgan fingerprint density at radius 3 is 1.97 bits per heavy atom. The van der Waals surface area contributed by atoms with Gasteiger partial charge in [-0.15, -0.1) is 0 Å². The molecule has 216 valence electrons. The molecule has 0 heterocycles. The molecule has 36 heavy (non-hydrogen) atoms. The van der Waals surface area contributed by atoms with E-state index in [4.69, 9.17) is 14.0 Å². The summed E-state index contributed by atoms with van der Waals surface area (Å²) in [5.41, 5.74) is 0. The van der Waals surface area contributed by atoms with E-state index in [0.29, 0.717) is 19.1 Å². The highest BCUT2D eigenvalue weighted by Crippen LogP contribution is 2.41. The van der Waals surface area contributed by atoms with Crippen molar-refractivity contribution in [2.24, 2.45) is 5.92 Å². The van der Waals surface area contributed by atoms with Gasteiger partial charge in [-0.25, -0.2) is 0 Å². The summed E-state index contributed by atoms with van der Waals surface area (Å²) in [7, 11) is -3.75. The van der Waals surface area contributed by atoms with E-state index in [1.54, 1.807) is 0 Å². The van der Waals surface area contributed by atoms with Crippen molar-refractivity contribution in [3.8, 4) is 0 Å². The molecule has 1 N–H and O–H groups in total. The minimum absolute atomic E-state index is 0.0550. The molecule has 7 nitrogen and oxygen atoms in total. The largest absolute Gasteiger partial charge is 0.458 e. The fraction of sp³-hybridized carbons (Fsp3) is 0.964. The summed E-state index contributed by atoms with van der Waals surface area (Å²) >= 11 is 0. The molecular formula is C28H58NO6P. The van der Waals surface area contributed by atoms with E-state index in [9.17, 15) is 14.3 Å². The predicted octanol–water partition coefficient (Wildman–Crippen LogP) is 7.21. The van der Waals surface area contributed by atoms with Crippen LogP contribution in [-0.4, -0.2) is 67.5 Å². The summed E-state index contributed by atoms with van der Waals surface area (Å²) in [6.45, 7) is 12.6. The summed E-state index contributed by atoms with van der Waals surface area (Å²) in [4.78, 5) is 23.7. The van der Waals surface area contributed by atoms with Gasteiger partial charge < -0.3 is 23.8 Å². The SMILES string of the molecule is CCCCCCCCCCCCC(CC)CCOCC(COP(=O)(O)CCN(CC)CC)OC(C)=O. The first-order chi connectivity index (χ1) is 17.3. The molecule has 0 aromatic heterocycles. The molecule has 0 spiro atoms. The number of carbonyl (C=O) groups is 1. The van der Waals surface area contributed by atoms with Crippen molar-refractivity contribution in [1.29, 1.82) is 0 Å². The van der Waals surface area contributed by atoms with Crippen LogP contribution in [0.25, 0.3) is 0 Å². The van der Waals surface area contributed by atoms with Gasteiger partial charge in [-0.2, -0.15) is 0 Å². The molecule has 0 amide bonds. The van der Waals surface area contributed by atoms with Crippen LogP contribution in [0.1, 0.15) is 118 Å². The van der Waals surface area contributed by atoms with Gasteiger partial charge in [0.05, 0.1) is 19.4 Å². The zero-order chi connectivity index (χ0) is 27.1. The number of unbranched alkanes of at least 4 members (excludes halogenated alkanes) is 9. The van der Waals surface area contributed by atoms with Gasteiger partial charge in [0.2, 0.25) is 0 Å². The van der Waals surface area contributed by atoms with Crippen LogP contribution in [0.3, 0.4) is 0 Å². The maximum absolute atomic E-state index is 12.4. The zero-order valence-electron chi connectivity index (χ0n) is 24.2. The van der Waals surface area contributed by atoms with Gasteiger partial charge in [0.25, 0.3) is 0 Å². The van der Waals surface area contributed by atoms with Gasteiger partial charge in [-0.3, -0.25) is 9.36 Å². The molecular weight excluding hydrogens is 477 g/mol. The minimum Gasteiger partial charge on any atom is -0.458 e. The Hall–Kier alpha value is -0.460. The van der Waals surface area contributed by atoms with Crippen LogP contribution in [-0.2, 0) is 23.4 Å². The monoisotopic (exact) mass is 535 g/mol. The van der Waals surface area contributed by atoms with Crippen molar-refractivity contribution in [2.75, 3.05) is 45.6 Å². The van der Waals surface area contributed by atoms with E-state index in [-0.39, 0.29) is 19.4 Å². The lowest BCUT2D eigenvalue weighted by Crippen LogP contribution is -2.29. The van der Waals surface area contributed by atoms with Crippen LogP contribution in [0.4, 0.5) is 0 Å². The Morgan fingerprint density at radius 2 is 1.44 bits per heavy atom. The third kappa shape index (κ3) is 21.6. The lowest BCUT2D eigenvalue weighted by molar-refractivity contribution is -0.151. The Labute approximate surface area is 222 Å². The van der Waals surface area contributed by atoms with E-state index in [1.165, 1.54) is 77.6 Å². The maximum Gasteiger partial charge on any atom is 0.329 e. The molecule has 0 fully saturated rings. The highest BCUT2D eigenvalue weighted by Gasteiger charge is 2.24. The van der Waals surface area contributed by atoms with Crippen LogP contribution < -0.4 is 0 Å². The quantitative estimate of drug-likeness (QED) is 0.0712. The van der Waals surface area contributed by atoms with Crippen LogP contribution in [0.15, 0.2) is 0 Å². The van der Waals surface area contributed by atoms with Gasteiger partial charge in [-0.1, -0.05) is 105 Å². The van der Waals surface area contributed by atoms with Crippen LogP contribution in [0.5, 0.6) is 0 Å². The first-order valence-electron chi connectivity index (χ1n) is 14.7. The standard InChI is InChI=1S/C28H58NO6P/c1-6-10-11-12-13-14-15-16-17-18-19-27(7-2)20-22-33-24-28(35-26(5)30)25-34-36(31,32)23-21-29(8-3)9-4/h27-28H,6-25H2,1-5H3,(H,31,32). The minimum atomic E-state index is -3.75. The number of rotatable bonds is 26. The number of esters is 1. The summed E-state index contributed by atoms with van der Waals surface area (Å²) in [6, 6.07) is 0. The first-order valence-corrected chi connectivity index (χ1v) is 16.5. The molecule has 0 aromatic rings. The van der Waals surface area contributed by atoms with Crippen molar-refractivity contribution in [3.63, 3.8) is 0 Å². The maximum atomic E-state index is 12.4. The van der Waals surface area contributed by atoms with E-state index in [0.717, 1.165) is 25.9 Å². The van der Waals surface area contributed by atoms with E-state index in [1.807, 2.05) is 13.8 Å². The van der Waals surface area contributed by atoms with Gasteiger partial charge in [-0.05, 0) is 25.4 Å². The van der Waals surface area contributed by atoms with E-state index < -0.39 is 19.7 Å². The van der Waals surface area contributed by atoms with Crippen molar-refractivity contribution >= 4 is 13.6 Å². The van der Waals surface area contributed by atoms with Gasteiger partial charge in [0.15, 0.2) is 0 Å². The molecule has 0 aliphatic heterocycles. The zero-order valence-corrected chi connectivity index (χ0v) is 25.1. The Bertz CT molecular complexity index is 558. The molecule has 0 radical (unpaired) electrons. The average molecular weight is 536 g/mol. The molecule has 0 rings (SSSR count). The lowest BCUT2D eigenvalue weighted by atomic mass is 9.95. The molecule has 0 aliphatic carbocycles. The molecule has 3 atom stereocenters. The number of ether oxygens (including phenoxy) is 2. The highest BCUT2D eigenvalue weighted by atomic mass is 31.2. The smallest absolute Gasteiger partial charge is 0.329 e. The van der Waals surface area contributed by atoms with Gasteiger partial charge >= 0.3 is 13.6 Å².